The predicted molar refractivity (Wildman–Crippen MR) is 114 cm³/mol. The number of nitrogens with one attached hydrogen (secondary N) is 1. The van der Waals surface area contributed by atoms with E-state index in [9.17, 15) is 13.2 Å². The summed E-state index contributed by atoms with van der Waals surface area (Å²) in [6.45, 7) is 4.07. The van der Waals surface area contributed by atoms with E-state index in [-0.39, 0.29) is 22.4 Å². The lowest BCUT2D eigenvalue weighted by Gasteiger charge is -2.10. The monoisotopic (exact) mass is 412 g/mol. The van der Waals surface area contributed by atoms with Crippen LogP contribution in [0.2, 0.25) is 0 Å². The van der Waals surface area contributed by atoms with Crippen LogP contribution in [0.15, 0.2) is 70.4 Å². The number of hydrogen-bond donors (Lipinski definition) is 1. The van der Waals surface area contributed by atoms with Crippen molar-refractivity contribution in [2.45, 2.75) is 31.3 Å². The average molecular weight is 413 g/mol. The second-order valence-electron chi connectivity index (χ2n) is 6.92. The zero-order chi connectivity index (χ0) is 19.9. The van der Waals surface area contributed by atoms with Gasteiger partial charge >= 0.3 is 4.87 Å². The van der Waals surface area contributed by atoms with Crippen molar-refractivity contribution in [2.24, 2.45) is 0 Å². The second-order valence-corrected chi connectivity index (χ2v) is 9.68. The fraction of sp³-hybridized carbons (Fsp3) is 0.190. The van der Waals surface area contributed by atoms with E-state index < -0.39 is 10.0 Å². The van der Waals surface area contributed by atoms with Crippen LogP contribution in [0.5, 0.6) is 0 Å². The van der Waals surface area contributed by atoms with Gasteiger partial charge in [-0.15, -0.1) is 0 Å². The lowest BCUT2D eigenvalue weighted by atomic mass is 10.1. The van der Waals surface area contributed by atoms with Crippen LogP contribution >= 0.6 is 11.3 Å². The molecule has 0 unspecified atom stereocenters. The third-order valence-electron chi connectivity index (χ3n) is 4.74. The Morgan fingerprint density at radius 2 is 1.79 bits per heavy atom. The quantitative estimate of drug-likeness (QED) is 0.532. The highest BCUT2D eigenvalue weighted by Crippen LogP contribution is 2.24. The van der Waals surface area contributed by atoms with Gasteiger partial charge in [0, 0.05) is 12.6 Å². The van der Waals surface area contributed by atoms with E-state index in [1.807, 2.05) is 56.3 Å². The summed E-state index contributed by atoms with van der Waals surface area (Å²) in [5, 5.41) is 2.09. The SMILES string of the molecule is CC(C)n1c(=O)sc2cc(S(=O)(=O)NCc3cccc4ccccc34)ccc21. The lowest BCUT2D eigenvalue weighted by molar-refractivity contribution is 0.581. The largest absolute Gasteiger partial charge is 0.308 e. The van der Waals surface area contributed by atoms with Crippen molar-refractivity contribution in [2.75, 3.05) is 0 Å². The van der Waals surface area contributed by atoms with E-state index in [1.165, 1.54) is 0 Å². The Morgan fingerprint density at radius 3 is 2.57 bits per heavy atom. The van der Waals surface area contributed by atoms with Crippen LogP contribution in [0.25, 0.3) is 21.0 Å². The minimum absolute atomic E-state index is 0.0215. The van der Waals surface area contributed by atoms with Crippen molar-refractivity contribution in [3.05, 3.63) is 75.9 Å². The molecule has 0 bridgehead atoms. The summed E-state index contributed by atoms with van der Waals surface area (Å²) in [7, 11) is -3.70. The molecule has 3 aromatic carbocycles. The van der Waals surface area contributed by atoms with Crippen LogP contribution in [0.4, 0.5) is 0 Å². The van der Waals surface area contributed by atoms with E-state index in [2.05, 4.69) is 4.72 Å². The first-order valence-electron chi connectivity index (χ1n) is 8.98. The first kappa shape index (κ1) is 18.9. The molecule has 7 heteroatoms. The normalized spacial score (nSPS) is 12.2. The minimum Gasteiger partial charge on any atom is -0.296 e. The van der Waals surface area contributed by atoms with Gasteiger partial charge in [0.2, 0.25) is 10.0 Å². The summed E-state index contributed by atoms with van der Waals surface area (Å²) in [6, 6.07) is 18.6. The van der Waals surface area contributed by atoms with Gasteiger partial charge in [-0.3, -0.25) is 9.36 Å². The van der Waals surface area contributed by atoms with Gasteiger partial charge in [0.1, 0.15) is 0 Å². The summed E-state index contributed by atoms with van der Waals surface area (Å²) in [5.41, 5.74) is 1.68. The van der Waals surface area contributed by atoms with Gasteiger partial charge in [0.05, 0.1) is 15.1 Å². The Morgan fingerprint density at radius 1 is 1.04 bits per heavy atom. The van der Waals surface area contributed by atoms with Crippen molar-refractivity contribution >= 4 is 42.3 Å². The first-order valence-corrected chi connectivity index (χ1v) is 11.3. The summed E-state index contributed by atoms with van der Waals surface area (Å²) in [6.07, 6.45) is 0. The number of aromatic nitrogens is 1. The highest BCUT2D eigenvalue weighted by molar-refractivity contribution is 7.89. The summed E-state index contributed by atoms with van der Waals surface area (Å²) in [5.74, 6) is 0. The van der Waals surface area contributed by atoms with E-state index in [0.29, 0.717) is 4.70 Å². The zero-order valence-corrected chi connectivity index (χ0v) is 17.2. The molecule has 0 amide bonds. The molecule has 0 radical (unpaired) electrons. The Balaban J connectivity index is 1.66. The van der Waals surface area contributed by atoms with Gasteiger partial charge in [0.25, 0.3) is 0 Å². The fourth-order valence-electron chi connectivity index (χ4n) is 3.38. The molecular formula is C21H20N2O3S2. The van der Waals surface area contributed by atoms with Gasteiger partial charge in [-0.05, 0) is 48.4 Å². The molecule has 144 valence electrons. The molecule has 1 aromatic heterocycles. The molecule has 5 nitrogen and oxygen atoms in total. The molecule has 28 heavy (non-hydrogen) atoms. The van der Waals surface area contributed by atoms with Crippen LogP contribution in [0.1, 0.15) is 25.5 Å². The Kier molecular flexibility index (Phi) is 4.82. The Labute approximate surface area is 167 Å². The summed E-state index contributed by atoms with van der Waals surface area (Å²) >= 11 is 1.07. The predicted octanol–water partition coefficient (Wildman–Crippen LogP) is 4.28. The number of nitrogens with zero attached hydrogens (tertiary/aromatic N) is 1. The third-order valence-corrected chi connectivity index (χ3v) is 7.06. The standard InChI is InChI=1S/C21H20N2O3S2/c1-14(2)23-19-11-10-17(12-20(19)27-21(23)24)28(25,26)22-13-16-8-5-7-15-6-3-4-9-18(15)16/h3-12,14,22H,13H2,1-2H3. The van der Waals surface area contributed by atoms with E-state index in [0.717, 1.165) is 33.2 Å². The Hall–Kier alpha value is -2.48. The number of fused-ring (bicyclic) bond motifs is 2. The number of benzene rings is 3. The molecular weight excluding hydrogens is 392 g/mol. The molecule has 4 rings (SSSR count). The maximum atomic E-state index is 12.8. The fourth-order valence-corrected chi connectivity index (χ4v) is 5.54. The second kappa shape index (κ2) is 7.16. The molecule has 0 aliphatic carbocycles. The molecule has 0 aliphatic rings. The number of thiazole rings is 1. The molecule has 0 aliphatic heterocycles. The minimum atomic E-state index is -3.70. The molecule has 0 spiro atoms. The highest BCUT2D eigenvalue weighted by atomic mass is 32.2. The molecule has 0 saturated heterocycles. The lowest BCUT2D eigenvalue weighted by Crippen LogP contribution is -2.23. The molecule has 4 aromatic rings. The van der Waals surface area contributed by atoms with Crippen molar-refractivity contribution in [3.63, 3.8) is 0 Å². The van der Waals surface area contributed by atoms with Crippen LogP contribution in [0, 0.1) is 0 Å². The van der Waals surface area contributed by atoms with Gasteiger partial charge in [-0.1, -0.05) is 53.8 Å². The highest BCUT2D eigenvalue weighted by Gasteiger charge is 2.18. The van der Waals surface area contributed by atoms with Crippen LogP contribution in [-0.2, 0) is 16.6 Å². The molecule has 0 saturated carbocycles. The van der Waals surface area contributed by atoms with Crippen LogP contribution in [-0.4, -0.2) is 13.0 Å². The number of hydrogen-bond acceptors (Lipinski definition) is 4. The maximum absolute atomic E-state index is 12.8. The topological polar surface area (TPSA) is 68.2 Å². The van der Waals surface area contributed by atoms with Gasteiger partial charge in [-0.25, -0.2) is 13.1 Å². The molecule has 0 atom stereocenters. The molecule has 1 heterocycles. The number of sulfonamides is 1. The zero-order valence-electron chi connectivity index (χ0n) is 15.5. The third kappa shape index (κ3) is 3.37. The number of rotatable bonds is 5. The van der Waals surface area contributed by atoms with E-state index in [1.54, 1.807) is 22.8 Å². The van der Waals surface area contributed by atoms with Crippen molar-refractivity contribution in [1.29, 1.82) is 0 Å². The van der Waals surface area contributed by atoms with Gasteiger partial charge in [-0.2, -0.15) is 0 Å². The van der Waals surface area contributed by atoms with E-state index >= 15 is 0 Å². The maximum Gasteiger partial charge on any atom is 0.308 e. The Bertz CT molecular complexity index is 1330. The summed E-state index contributed by atoms with van der Waals surface area (Å²) in [4.78, 5) is 12.3. The van der Waals surface area contributed by atoms with Crippen LogP contribution < -0.4 is 9.60 Å². The molecule has 1 N–H and O–H groups in total. The smallest absolute Gasteiger partial charge is 0.296 e. The van der Waals surface area contributed by atoms with E-state index in [4.69, 9.17) is 0 Å². The van der Waals surface area contributed by atoms with Crippen molar-refractivity contribution < 1.29 is 8.42 Å². The summed E-state index contributed by atoms with van der Waals surface area (Å²) < 4.78 is 30.7. The van der Waals surface area contributed by atoms with Crippen molar-refractivity contribution in [3.8, 4) is 0 Å². The first-order chi connectivity index (χ1) is 13.4. The van der Waals surface area contributed by atoms with Crippen molar-refractivity contribution in [1.82, 2.24) is 9.29 Å². The van der Waals surface area contributed by atoms with Gasteiger partial charge < -0.3 is 0 Å². The average Bonchev–Trinajstić information content (AvgIpc) is 3.01. The molecule has 0 fully saturated rings. The van der Waals surface area contributed by atoms with Crippen LogP contribution in [0.3, 0.4) is 0 Å². The van der Waals surface area contributed by atoms with Gasteiger partial charge in [0.15, 0.2) is 0 Å².